The molecule has 0 radical (unpaired) electrons. The van der Waals surface area contributed by atoms with E-state index in [4.69, 9.17) is 34.1 Å². The van der Waals surface area contributed by atoms with Gasteiger partial charge in [-0.15, -0.1) is 12.4 Å². The number of hydrogen-bond donors (Lipinski definition) is 2. The van der Waals surface area contributed by atoms with Crippen molar-refractivity contribution in [2.75, 3.05) is 14.2 Å². The normalized spacial score (nSPS) is 11.3. The van der Waals surface area contributed by atoms with E-state index in [1.165, 1.54) is 13.2 Å². The van der Waals surface area contributed by atoms with Gasteiger partial charge in [0.1, 0.15) is 59.3 Å². The van der Waals surface area contributed by atoms with Crippen LogP contribution in [0.3, 0.4) is 0 Å². The predicted octanol–water partition coefficient (Wildman–Crippen LogP) is 3.67. The summed E-state index contributed by atoms with van der Waals surface area (Å²) in [5.74, 6) is -3.75. The van der Waals surface area contributed by atoms with E-state index in [1.54, 1.807) is 98.1 Å². The summed E-state index contributed by atoms with van der Waals surface area (Å²) in [5, 5.41) is 26.8. The largest absolute Gasteiger partial charge is 1.00 e. The molecule has 0 aromatic heterocycles. The van der Waals surface area contributed by atoms with Crippen molar-refractivity contribution in [3.63, 3.8) is 0 Å². The van der Waals surface area contributed by atoms with Crippen LogP contribution in [0.1, 0.15) is 40.5 Å². The zero-order valence-corrected chi connectivity index (χ0v) is 42.4. The zero-order chi connectivity index (χ0) is 45.2. The van der Waals surface area contributed by atoms with E-state index in [2.05, 4.69) is 4.89 Å². The van der Waals surface area contributed by atoms with Crippen LogP contribution >= 0.6 is 12.4 Å². The molecule has 6 aromatic rings. The number of ketones is 1. The standard InChI is InChI=1S/C24H17F3O3.C14H11F3O2.C7H8O2.CH2O3.ClH.2K.H/c25-21-12-23(27)22(26)11-17(21)13-30-19-6-1-14(2-7-19)9-16-4-3-15-10-18(28)5-8-20(15)24(16)29;1-18-10-2-4-11(5-3-10)19-8-9-6-13(16)14(17)7-12(9)15;1-9-7-4-2-6(8)3-5-7;2-1-4-3;;;;/h1-2,5-12,28H,3-4,13H2;2-7H,8H2,1H3;2-5,8H,1H3;1,3H;1H;;;/q;;;;;2*+1;-1/p-1/b16-9+;;;;;;;. The number of rotatable bonds is 10. The average molecular weight is 979 g/mol. The Morgan fingerprint density at radius 2 is 0.985 bits per heavy atom. The Hall–Kier alpha value is -3.90. The van der Waals surface area contributed by atoms with Crippen molar-refractivity contribution >= 4 is 30.7 Å². The minimum absolute atomic E-state index is 0. The molecule has 0 amide bonds. The number of methoxy groups -OCH3 is 2. The Morgan fingerprint density at radius 3 is 1.43 bits per heavy atom. The smallest absolute Gasteiger partial charge is 1.00 e. The van der Waals surface area contributed by atoms with Gasteiger partial charge in [0, 0.05) is 34.4 Å². The molecule has 0 atom stereocenters. The van der Waals surface area contributed by atoms with Crippen LogP contribution in [0.5, 0.6) is 34.5 Å². The molecule has 0 spiro atoms. The Balaban J connectivity index is 0.00000101. The Kier molecular flexibility index (Phi) is 27.6. The van der Waals surface area contributed by atoms with Crippen LogP contribution in [0.4, 0.5) is 26.3 Å². The fourth-order valence-corrected chi connectivity index (χ4v) is 5.49. The van der Waals surface area contributed by atoms with E-state index in [9.17, 15) is 36.2 Å². The summed E-state index contributed by atoms with van der Waals surface area (Å²) in [7, 11) is 3.12. The Labute approximate surface area is 462 Å². The molecule has 2 N–H and O–H groups in total. The third kappa shape index (κ3) is 19.1. The van der Waals surface area contributed by atoms with Crippen LogP contribution in [-0.2, 0) is 29.3 Å². The molecule has 0 heterocycles. The molecule has 0 saturated heterocycles. The minimum atomic E-state index is -1.25. The van der Waals surface area contributed by atoms with Crippen molar-refractivity contribution in [2.45, 2.75) is 26.1 Å². The first-order valence-electron chi connectivity index (χ1n) is 18.1. The quantitative estimate of drug-likeness (QED) is 0.0398. The van der Waals surface area contributed by atoms with Crippen molar-refractivity contribution in [1.29, 1.82) is 0 Å². The van der Waals surface area contributed by atoms with Gasteiger partial charge in [0.15, 0.2) is 29.1 Å². The fraction of sp³-hybridized carbons (Fsp3) is 0.130. The molecule has 1 aliphatic carbocycles. The molecule has 19 heteroatoms. The number of halogens is 7. The van der Waals surface area contributed by atoms with Crippen LogP contribution in [-0.4, -0.2) is 36.7 Å². The number of hydrogen-bond acceptors (Lipinski definition) is 10. The van der Waals surface area contributed by atoms with Crippen LogP contribution < -0.4 is 127 Å². The minimum Gasteiger partial charge on any atom is -1.00 e. The summed E-state index contributed by atoms with van der Waals surface area (Å²) >= 11 is 0. The first-order valence-corrected chi connectivity index (χ1v) is 18.1. The van der Waals surface area contributed by atoms with Crippen molar-refractivity contribution in [1.82, 2.24) is 0 Å². The van der Waals surface area contributed by atoms with Crippen LogP contribution in [0.15, 0.2) is 121 Å². The van der Waals surface area contributed by atoms with Gasteiger partial charge in [-0.1, -0.05) is 12.1 Å². The second-order valence-corrected chi connectivity index (χ2v) is 12.8. The number of allylic oxidation sites excluding steroid dienone is 1. The van der Waals surface area contributed by atoms with Gasteiger partial charge in [-0.2, -0.15) is 0 Å². The maximum Gasteiger partial charge on any atom is 1.00 e. The number of carbonyl (C=O) groups excluding carboxylic acids is 2. The molecular weight excluding hydrogens is 940 g/mol. The maximum absolute atomic E-state index is 13.7. The molecule has 1 aliphatic rings. The molecule has 7 rings (SSSR count). The molecular formula is C46H39ClF6K2O10. The van der Waals surface area contributed by atoms with Gasteiger partial charge < -0.3 is 40.7 Å². The summed E-state index contributed by atoms with van der Waals surface area (Å²) in [6.07, 6.45) is 3.04. The SMILES string of the molecule is COc1ccc(O)cc1.COc1ccc(OCc2cc(F)c(F)cc2F)cc1.Cl.O=C1/C(=C/c2ccc(OCc3cc(F)c(F)cc3F)cc2)CCc2cc(O)ccc21.O=CO[O-].[H-].[K+].[K+]. The number of Topliss-reactive ketones (excluding diaryl/α,β-unsaturated/α-hetero) is 1. The van der Waals surface area contributed by atoms with Gasteiger partial charge in [-0.05, 0) is 121 Å². The summed E-state index contributed by atoms with van der Waals surface area (Å²) in [6, 6.07) is 27.3. The summed E-state index contributed by atoms with van der Waals surface area (Å²) in [6.45, 7) is -0.610. The molecule has 10 nitrogen and oxygen atoms in total. The van der Waals surface area contributed by atoms with Gasteiger partial charge in [-0.25, -0.2) is 26.3 Å². The average Bonchev–Trinajstić information content (AvgIpc) is 3.27. The van der Waals surface area contributed by atoms with E-state index in [1.807, 2.05) is 0 Å². The van der Waals surface area contributed by atoms with Crippen LogP contribution in [0.25, 0.3) is 6.08 Å². The molecule has 0 unspecified atom stereocenters. The number of phenolic OH excluding ortho intramolecular Hbond substituents is 2. The van der Waals surface area contributed by atoms with Crippen LogP contribution in [0.2, 0.25) is 0 Å². The number of aromatic hydroxyl groups is 2. The molecule has 0 aliphatic heterocycles. The summed E-state index contributed by atoms with van der Waals surface area (Å²) < 4.78 is 99.5. The second kappa shape index (κ2) is 30.4. The molecule has 334 valence electrons. The van der Waals surface area contributed by atoms with Gasteiger partial charge in [-0.3, -0.25) is 9.59 Å². The van der Waals surface area contributed by atoms with Gasteiger partial charge in [0.05, 0.1) is 14.2 Å². The number of carbonyl (C=O) groups is 2. The number of phenols is 2. The van der Waals surface area contributed by atoms with E-state index in [0.717, 1.165) is 29.0 Å². The van der Waals surface area contributed by atoms with Crippen molar-refractivity contribution < 1.29 is 179 Å². The van der Waals surface area contributed by atoms with Gasteiger partial charge in [0.25, 0.3) is 6.47 Å². The fourth-order valence-electron chi connectivity index (χ4n) is 5.49. The van der Waals surface area contributed by atoms with Crippen molar-refractivity contribution in [2.24, 2.45) is 0 Å². The first-order chi connectivity index (χ1) is 29.7. The predicted molar refractivity (Wildman–Crippen MR) is 220 cm³/mol. The van der Waals surface area contributed by atoms with Gasteiger partial charge in [0.2, 0.25) is 0 Å². The third-order valence-corrected chi connectivity index (χ3v) is 8.65. The maximum atomic E-state index is 13.7. The van der Waals surface area contributed by atoms with E-state index >= 15 is 0 Å². The first kappa shape index (κ1) is 59.1. The topological polar surface area (TPSA) is 144 Å². The van der Waals surface area contributed by atoms with Crippen LogP contribution in [0, 0.1) is 34.9 Å². The van der Waals surface area contributed by atoms with E-state index in [0.29, 0.717) is 53.4 Å². The summed E-state index contributed by atoms with van der Waals surface area (Å²) in [5.41, 5.74) is 2.77. The number of fused-ring (bicyclic) bond motifs is 1. The molecule has 0 bridgehead atoms. The second-order valence-electron chi connectivity index (χ2n) is 12.8. The Bertz CT molecular complexity index is 2470. The number of benzene rings is 6. The van der Waals surface area contributed by atoms with E-state index < -0.39 is 34.9 Å². The van der Waals surface area contributed by atoms with Gasteiger partial charge >= 0.3 is 103 Å². The molecule has 65 heavy (non-hydrogen) atoms. The molecule has 6 aromatic carbocycles. The van der Waals surface area contributed by atoms with Crippen molar-refractivity contribution in [3.05, 3.63) is 184 Å². The number of ether oxygens (including phenoxy) is 4. The molecule has 0 fully saturated rings. The summed E-state index contributed by atoms with van der Waals surface area (Å²) in [4.78, 5) is 23.9. The van der Waals surface area contributed by atoms with Crippen molar-refractivity contribution in [3.8, 4) is 34.5 Å². The third-order valence-electron chi connectivity index (χ3n) is 8.65. The number of aryl methyl sites for hydroxylation is 1. The monoisotopic (exact) mass is 978 g/mol. The Morgan fingerprint density at radius 1 is 0.585 bits per heavy atom. The zero-order valence-electron chi connectivity index (χ0n) is 36.3. The van der Waals surface area contributed by atoms with E-state index in [-0.39, 0.29) is 165 Å². The molecule has 0 saturated carbocycles.